The Morgan fingerprint density at radius 3 is 2.67 bits per heavy atom. The fraction of sp³-hybridized carbons (Fsp3) is 0.375. The van der Waals surface area contributed by atoms with Crippen LogP contribution in [0.15, 0.2) is 28.4 Å². The number of allylic oxidation sites excluding steroid dienone is 4. The average Bonchev–Trinajstić information content (AvgIpc) is 2.11. The van der Waals surface area contributed by atoms with Crippen LogP contribution in [-0.4, -0.2) is 12.4 Å². The lowest BCUT2D eigenvalue weighted by Crippen LogP contribution is -2.12. The zero-order chi connectivity index (χ0) is 9.19. The van der Waals surface area contributed by atoms with E-state index in [0.29, 0.717) is 0 Å². The topological polar surface area (TPSA) is 12.4 Å². The first-order chi connectivity index (χ1) is 5.52. The molecule has 0 N–H and O–H groups in total. The van der Waals surface area contributed by atoms with Crippen molar-refractivity contribution in [1.29, 1.82) is 0 Å². The summed E-state index contributed by atoms with van der Waals surface area (Å²) >= 11 is 0. The maximum absolute atomic E-state index is 12.2. The molecule has 0 fully saturated rings. The Bertz CT molecular complexity index is 258. The van der Waals surface area contributed by atoms with E-state index in [1.54, 1.807) is 0 Å². The van der Waals surface area contributed by atoms with Gasteiger partial charge in [0.25, 0.3) is 0 Å². The van der Waals surface area contributed by atoms with Crippen molar-refractivity contribution in [3.8, 4) is 0 Å². The molecule has 0 saturated carbocycles. The van der Waals surface area contributed by atoms with E-state index < -0.39 is 11.7 Å². The SMILES string of the molecule is CC1=C(C(F)(F)F)CC=CC=N1. The van der Waals surface area contributed by atoms with Crippen LogP contribution in [0.2, 0.25) is 0 Å². The van der Waals surface area contributed by atoms with E-state index >= 15 is 0 Å². The molecule has 1 aliphatic heterocycles. The highest BCUT2D eigenvalue weighted by Gasteiger charge is 2.34. The minimum Gasteiger partial charge on any atom is -0.261 e. The minimum atomic E-state index is -4.25. The molecule has 1 aliphatic rings. The molecule has 0 saturated heterocycles. The summed E-state index contributed by atoms with van der Waals surface area (Å²) in [5.74, 6) is 0. The van der Waals surface area contributed by atoms with Crippen molar-refractivity contribution in [3.63, 3.8) is 0 Å². The Labute approximate surface area is 68.3 Å². The highest BCUT2D eigenvalue weighted by molar-refractivity contribution is 5.73. The lowest BCUT2D eigenvalue weighted by molar-refractivity contribution is -0.0937. The van der Waals surface area contributed by atoms with E-state index in [4.69, 9.17) is 0 Å². The summed E-state index contributed by atoms with van der Waals surface area (Å²) in [6, 6.07) is 0. The number of nitrogens with zero attached hydrogens (tertiary/aromatic N) is 1. The van der Waals surface area contributed by atoms with Crippen molar-refractivity contribution in [1.82, 2.24) is 0 Å². The van der Waals surface area contributed by atoms with Crippen molar-refractivity contribution in [3.05, 3.63) is 23.4 Å². The summed E-state index contributed by atoms with van der Waals surface area (Å²) in [6.45, 7) is 1.37. The summed E-state index contributed by atoms with van der Waals surface area (Å²) in [6.07, 6.45) is -0.00935. The molecule has 0 bridgehead atoms. The molecule has 0 unspecified atom stereocenters. The smallest absolute Gasteiger partial charge is 0.261 e. The molecule has 12 heavy (non-hydrogen) atoms. The molecule has 1 rings (SSSR count). The second-order valence-electron chi connectivity index (χ2n) is 2.47. The molecule has 0 aromatic heterocycles. The van der Waals surface area contributed by atoms with Crippen molar-refractivity contribution >= 4 is 6.21 Å². The maximum atomic E-state index is 12.2. The summed E-state index contributed by atoms with van der Waals surface area (Å²) in [7, 11) is 0. The molecule has 1 nitrogen and oxygen atoms in total. The number of halogens is 3. The monoisotopic (exact) mass is 175 g/mol. The molecular formula is C8H8F3N. The van der Waals surface area contributed by atoms with E-state index in [1.807, 2.05) is 0 Å². The molecule has 0 aliphatic carbocycles. The van der Waals surface area contributed by atoms with Gasteiger partial charge in [0, 0.05) is 11.9 Å². The number of hydrogen-bond donors (Lipinski definition) is 0. The van der Waals surface area contributed by atoms with Crippen LogP contribution in [0.3, 0.4) is 0 Å². The summed E-state index contributed by atoms with van der Waals surface area (Å²) in [4.78, 5) is 3.62. The van der Waals surface area contributed by atoms with Gasteiger partial charge in [0.05, 0.1) is 5.57 Å². The predicted molar refractivity (Wildman–Crippen MR) is 41.0 cm³/mol. The summed E-state index contributed by atoms with van der Waals surface area (Å²) in [5, 5.41) is 0. The number of alkyl halides is 3. The second kappa shape index (κ2) is 3.13. The standard InChI is InChI=1S/C8H8F3N/c1-6-7(8(9,10)11)4-2-3-5-12-6/h2-3,5H,4H2,1H3. The van der Waals surface area contributed by atoms with Gasteiger partial charge in [-0.1, -0.05) is 6.08 Å². The Morgan fingerprint density at radius 1 is 1.42 bits per heavy atom. The largest absolute Gasteiger partial charge is 0.414 e. The quantitative estimate of drug-likeness (QED) is 0.536. The van der Waals surface area contributed by atoms with Crippen LogP contribution in [0.1, 0.15) is 13.3 Å². The van der Waals surface area contributed by atoms with E-state index in [-0.39, 0.29) is 12.1 Å². The third-order valence-electron chi connectivity index (χ3n) is 1.59. The Kier molecular flexibility index (Phi) is 2.35. The summed E-state index contributed by atoms with van der Waals surface area (Å²) < 4.78 is 36.6. The Balaban J connectivity index is 3.01. The molecule has 0 aromatic rings. The zero-order valence-corrected chi connectivity index (χ0v) is 6.52. The number of hydrogen-bond acceptors (Lipinski definition) is 1. The maximum Gasteiger partial charge on any atom is 0.414 e. The van der Waals surface area contributed by atoms with Gasteiger partial charge < -0.3 is 0 Å². The molecule has 66 valence electrons. The zero-order valence-electron chi connectivity index (χ0n) is 6.52. The highest BCUT2D eigenvalue weighted by atomic mass is 19.4. The predicted octanol–water partition coefficient (Wildman–Crippen LogP) is 2.85. The molecule has 0 radical (unpaired) electrons. The van der Waals surface area contributed by atoms with Crippen molar-refractivity contribution < 1.29 is 13.2 Å². The van der Waals surface area contributed by atoms with Crippen LogP contribution in [0, 0.1) is 0 Å². The Morgan fingerprint density at radius 2 is 2.08 bits per heavy atom. The third-order valence-corrected chi connectivity index (χ3v) is 1.59. The molecule has 0 spiro atoms. The van der Waals surface area contributed by atoms with Crippen molar-refractivity contribution in [2.45, 2.75) is 19.5 Å². The van der Waals surface area contributed by atoms with Gasteiger partial charge in [-0.25, -0.2) is 0 Å². The normalized spacial score (nSPS) is 18.3. The first-order valence-electron chi connectivity index (χ1n) is 3.48. The van der Waals surface area contributed by atoms with Gasteiger partial charge in [-0.15, -0.1) is 0 Å². The van der Waals surface area contributed by atoms with Gasteiger partial charge >= 0.3 is 6.18 Å². The fourth-order valence-corrected chi connectivity index (χ4v) is 0.948. The number of aliphatic imine (C=N–C) groups is 1. The third kappa shape index (κ3) is 1.96. The highest BCUT2D eigenvalue weighted by Crippen LogP contribution is 2.31. The number of rotatable bonds is 0. The minimum absolute atomic E-state index is 0.0486. The van der Waals surface area contributed by atoms with Crippen LogP contribution in [0.5, 0.6) is 0 Å². The van der Waals surface area contributed by atoms with Crippen molar-refractivity contribution in [2.75, 3.05) is 0 Å². The van der Waals surface area contributed by atoms with Gasteiger partial charge in [0.1, 0.15) is 0 Å². The van der Waals surface area contributed by atoms with Crippen molar-refractivity contribution in [2.24, 2.45) is 4.99 Å². The van der Waals surface area contributed by atoms with E-state index in [0.717, 1.165) is 0 Å². The van der Waals surface area contributed by atoms with Gasteiger partial charge in [-0.3, -0.25) is 4.99 Å². The molecular weight excluding hydrogens is 167 g/mol. The molecule has 0 amide bonds. The average molecular weight is 175 g/mol. The van der Waals surface area contributed by atoms with Crippen LogP contribution in [0.25, 0.3) is 0 Å². The van der Waals surface area contributed by atoms with Gasteiger partial charge in [0.15, 0.2) is 0 Å². The lowest BCUT2D eigenvalue weighted by atomic mass is 10.1. The lowest BCUT2D eigenvalue weighted by Gasteiger charge is -2.10. The second-order valence-corrected chi connectivity index (χ2v) is 2.47. The first-order valence-corrected chi connectivity index (χ1v) is 3.48. The van der Waals surface area contributed by atoms with E-state index in [1.165, 1.54) is 25.3 Å². The first kappa shape index (κ1) is 9.03. The van der Waals surface area contributed by atoms with Gasteiger partial charge in [-0.2, -0.15) is 13.2 Å². The van der Waals surface area contributed by atoms with E-state index in [2.05, 4.69) is 4.99 Å². The van der Waals surface area contributed by atoms with Crippen LogP contribution < -0.4 is 0 Å². The Hall–Kier alpha value is -1.06. The van der Waals surface area contributed by atoms with Crippen LogP contribution >= 0.6 is 0 Å². The van der Waals surface area contributed by atoms with Gasteiger partial charge in [0.2, 0.25) is 0 Å². The molecule has 0 aromatic carbocycles. The van der Waals surface area contributed by atoms with E-state index in [9.17, 15) is 13.2 Å². The summed E-state index contributed by atoms with van der Waals surface area (Å²) in [5.41, 5.74) is -0.514. The van der Waals surface area contributed by atoms with Gasteiger partial charge in [-0.05, 0) is 19.4 Å². The molecule has 0 atom stereocenters. The molecule has 4 heteroatoms. The van der Waals surface area contributed by atoms with Crippen LogP contribution in [0.4, 0.5) is 13.2 Å². The van der Waals surface area contributed by atoms with Crippen LogP contribution in [-0.2, 0) is 0 Å². The molecule has 1 heterocycles. The fourth-order valence-electron chi connectivity index (χ4n) is 0.948.